The van der Waals surface area contributed by atoms with Crippen LogP contribution in [0.15, 0.2) is 0 Å². The molecule has 0 spiro atoms. The van der Waals surface area contributed by atoms with Gasteiger partial charge in [-0.3, -0.25) is 4.48 Å². The molecule has 0 bridgehead atoms. The molecule has 1 aromatic heterocycles. The SMILES string of the molecule is COc1nc(OC)nc([N+](C)(C)C2CCCCC2)n1. The van der Waals surface area contributed by atoms with Crippen LogP contribution in [0.25, 0.3) is 0 Å². The molecule has 1 aliphatic carbocycles. The van der Waals surface area contributed by atoms with Crippen molar-refractivity contribution < 1.29 is 9.47 Å². The van der Waals surface area contributed by atoms with E-state index in [-0.39, 0.29) is 0 Å². The number of nitrogens with zero attached hydrogens (tertiary/aromatic N) is 4. The van der Waals surface area contributed by atoms with Gasteiger partial charge in [0.1, 0.15) is 0 Å². The molecule has 1 heterocycles. The van der Waals surface area contributed by atoms with Gasteiger partial charge in [-0.25, -0.2) is 0 Å². The number of quaternary nitrogens is 1. The van der Waals surface area contributed by atoms with Crippen LogP contribution in [0.5, 0.6) is 12.0 Å². The van der Waals surface area contributed by atoms with E-state index in [0.717, 1.165) is 0 Å². The van der Waals surface area contributed by atoms with Crippen molar-refractivity contribution in [3.8, 4) is 12.0 Å². The van der Waals surface area contributed by atoms with Crippen molar-refractivity contribution in [3.05, 3.63) is 0 Å². The average molecular weight is 267 g/mol. The fourth-order valence-electron chi connectivity index (χ4n) is 2.66. The third-order valence-corrected chi connectivity index (χ3v) is 3.95. The van der Waals surface area contributed by atoms with Gasteiger partial charge in [-0.15, -0.1) is 15.0 Å². The van der Waals surface area contributed by atoms with E-state index >= 15 is 0 Å². The van der Waals surface area contributed by atoms with E-state index in [0.29, 0.717) is 28.5 Å². The van der Waals surface area contributed by atoms with Gasteiger partial charge in [-0.1, -0.05) is 6.42 Å². The van der Waals surface area contributed by atoms with E-state index in [1.54, 1.807) is 14.2 Å². The predicted octanol–water partition coefficient (Wildman–Crippen LogP) is 1.79. The minimum atomic E-state index is 0.309. The Morgan fingerprint density at radius 1 is 0.895 bits per heavy atom. The molecule has 0 unspecified atom stereocenters. The second-order valence-corrected chi connectivity index (χ2v) is 5.44. The Bertz CT molecular complexity index is 408. The molecular formula is C13H23N4O2+. The Labute approximate surface area is 114 Å². The highest BCUT2D eigenvalue weighted by molar-refractivity contribution is 5.28. The molecular weight excluding hydrogens is 244 g/mol. The molecule has 1 aliphatic rings. The normalized spacial score (nSPS) is 17.3. The Morgan fingerprint density at radius 2 is 1.42 bits per heavy atom. The van der Waals surface area contributed by atoms with Gasteiger partial charge in [0.05, 0.1) is 34.4 Å². The molecule has 0 atom stereocenters. The molecule has 0 saturated heterocycles. The molecule has 1 saturated carbocycles. The number of ether oxygens (including phenoxy) is 2. The van der Waals surface area contributed by atoms with Crippen LogP contribution in [0.3, 0.4) is 0 Å². The molecule has 1 aromatic rings. The first-order valence-electron chi connectivity index (χ1n) is 6.76. The highest BCUT2D eigenvalue weighted by Crippen LogP contribution is 2.30. The second-order valence-electron chi connectivity index (χ2n) is 5.44. The van der Waals surface area contributed by atoms with Crippen molar-refractivity contribution in [2.75, 3.05) is 28.3 Å². The average Bonchev–Trinajstić information content (AvgIpc) is 2.47. The Balaban J connectivity index is 2.32. The zero-order valence-corrected chi connectivity index (χ0v) is 12.2. The summed E-state index contributed by atoms with van der Waals surface area (Å²) in [6.07, 6.45) is 6.32. The maximum absolute atomic E-state index is 5.13. The third kappa shape index (κ3) is 2.94. The van der Waals surface area contributed by atoms with Gasteiger partial charge in [0, 0.05) is 0 Å². The smallest absolute Gasteiger partial charge is 0.338 e. The Kier molecular flexibility index (Phi) is 4.19. The summed E-state index contributed by atoms with van der Waals surface area (Å²) in [5.41, 5.74) is 0. The number of hydrogen-bond acceptors (Lipinski definition) is 5. The monoisotopic (exact) mass is 267 g/mol. The van der Waals surface area contributed by atoms with Gasteiger partial charge in [-0.05, 0) is 25.7 Å². The van der Waals surface area contributed by atoms with Crippen LogP contribution in [-0.2, 0) is 0 Å². The largest absolute Gasteiger partial charge is 0.466 e. The van der Waals surface area contributed by atoms with Crippen molar-refractivity contribution in [1.29, 1.82) is 0 Å². The van der Waals surface area contributed by atoms with Gasteiger partial charge in [-0.2, -0.15) is 0 Å². The molecule has 0 radical (unpaired) electrons. The minimum absolute atomic E-state index is 0.309. The number of aromatic nitrogens is 3. The highest BCUT2D eigenvalue weighted by atomic mass is 16.5. The summed E-state index contributed by atoms with van der Waals surface area (Å²) in [6.45, 7) is 0. The predicted molar refractivity (Wildman–Crippen MR) is 73.4 cm³/mol. The van der Waals surface area contributed by atoms with Crippen LogP contribution < -0.4 is 14.0 Å². The number of methoxy groups -OCH3 is 2. The van der Waals surface area contributed by atoms with Crippen LogP contribution in [-0.4, -0.2) is 49.3 Å². The Morgan fingerprint density at radius 3 is 1.89 bits per heavy atom. The molecule has 6 nitrogen and oxygen atoms in total. The lowest BCUT2D eigenvalue weighted by Gasteiger charge is -2.37. The van der Waals surface area contributed by atoms with Crippen LogP contribution in [0.1, 0.15) is 32.1 Å². The second kappa shape index (κ2) is 5.69. The summed E-state index contributed by atoms with van der Waals surface area (Å²) in [5.74, 6) is 0.704. The fourth-order valence-corrected chi connectivity index (χ4v) is 2.66. The molecule has 0 amide bonds. The number of hydrogen-bond donors (Lipinski definition) is 0. The lowest BCUT2D eigenvalue weighted by molar-refractivity contribution is 0.213. The summed E-state index contributed by atoms with van der Waals surface area (Å²) in [7, 11) is 7.40. The van der Waals surface area contributed by atoms with Gasteiger partial charge >= 0.3 is 18.0 Å². The third-order valence-electron chi connectivity index (χ3n) is 3.95. The minimum Gasteiger partial charge on any atom is -0.466 e. The number of rotatable bonds is 4. The molecule has 1 fully saturated rings. The lowest BCUT2D eigenvalue weighted by Crippen LogP contribution is -2.52. The van der Waals surface area contributed by atoms with Crippen LogP contribution in [0.4, 0.5) is 5.95 Å². The topological polar surface area (TPSA) is 57.1 Å². The van der Waals surface area contributed by atoms with E-state index < -0.39 is 0 Å². The van der Waals surface area contributed by atoms with Gasteiger partial charge < -0.3 is 9.47 Å². The van der Waals surface area contributed by atoms with Gasteiger partial charge in [0.2, 0.25) is 0 Å². The van der Waals surface area contributed by atoms with Crippen molar-refractivity contribution >= 4 is 5.95 Å². The maximum atomic E-state index is 5.13. The van der Waals surface area contributed by atoms with Crippen molar-refractivity contribution in [3.63, 3.8) is 0 Å². The van der Waals surface area contributed by atoms with Crippen LogP contribution >= 0.6 is 0 Å². The van der Waals surface area contributed by atoms with Crippen LogP contribution in [0.2, 0.25) is 0 Å². The first-order valence-corrected chi connectivity index (χ1v) is 6.76. The van der Waals surface area contributed by atoms with E-state index in [2.05, 4.69) is 29.0 Å². The highest BCUT2D eigenvalue weighted by Gasteiger charge is 2.35. The van der Waals surface area contributed by atoms with Crippen LogP contribution in [0, 0.1) is 0 Å². The first-order chi connectivity index (χ1) is 9.07. The Hall–Kier alpha value is -1.43. The molecule has 106 valence electrons. The van der Waals surface area contributed by atoms with E-state index in [4.69, 9.17) is 9.47 Å². The van der Waals surface area contributed by atoms with E-state index in [1.165, 1.54) is 32.1 Å². The summed E-state index contributed by atoms with van der Waals surface area (Å²) < 4.78 is 10.9. The van der Waals surface area contributed by atoms with Gasteiger partial charge in [0.15, 0.2) is 0 Å². The summed E-state index contributed by atoms with van der Waals surface area (Å²) in [4.78, 5) is 12.8. The quantitative estimate of drug-likeness (QED) is 0.778. The first kappa shape index (κ1) is 14.0. The van der Waals surface area contributed by atoms with E-state index in [9.17, 15) is 0 Å². The van der Waals surface area contributed by atoms with Crippen molar-refractivity contribution in [2.45, 2.75) is 38.1 Å². The van der Waals surface area contributed by atoms with Crippen molar-refractivity contribution in [2.24, 2.45) is 0 Å². The lowest BCUT2D eigenvalue weighted by atomic mass is 9.93. The zero-order valence-electron chi connectivity index (χ0n) is 12.2. The molecule has 0 aromatic carbocycles. The van der Waals surface area contributed by atoms with Gasteiger partial charge in [0.25, 0.3) is 0 Å². The zero-order chi connectivity index (χ0) is 13.9. The van der Waals surface area contributed by atoms with E-state index in [1.807, 2.05) is 0 Å². The van der Waals surface area contributed by atoms with Crippen molar-refractivity contribution in [1.82, 2.24) is 19.4 Å². The maximum Gasteiger partial charge on any atom is 0.338 e. The molecule has 6 heteroatoms. The molecule has 0 N–H and O–H groups in total. The summed E-state index contributed by atoms with van der Waals surface area (Å²) in [6, 6.07) is 1.17. The fraction of sp³-hybridized carbons (Fsp3) is 0.769. The molecule has 0 aliphatic heterocycles. The summed E-state index contributed by atoms with van der Waals surface area (Å²) in [5, 5.41) is 0. The molecule has 19 heavy (non-hydrogen) atoms. The summed E-state index contributed by atoms with van der Waals surface area (Å²) >= 11 is 0. The molecule has 2 rings (SSSR count). The standard InChI is InChI=1S/C13H23N4O2/c1-17(2,10-8-6-5-7-9-10)11-14-12(18-3)16-13(15-11)19-4/h10H,5-9H2,1-4H3/q+1.